The first kappa shape index (κ1) is 82.5. The molecule has 19 heteroatoms. The molecule has 3 rings (SSSR count). The largest absolute Gasteiger partial charge is 0.394 e. The Labute approximate surface area is 547 Å². The van der Waals surface area contributed by atoms with Gasteiger partial charge in [0.25, 0.3) is 0 Å². The Morgan fingerprint density at radius 2 is 0.758 bits per heavy atom. The van der Waals surface area contributed by atoms with Crippen LogP contribution < -0.4 is 5.32 Å². The van der Waals surface area contributed by atoms with Crippen LogP contribution in [0.15, 0.2) is 72.9 Å². The molecular weight excluding hydrogens is 1170 g/mol. The summed E-state index contributed by atoms with van der Waals surface area (Å²) in [4.78, 5) is 13.4. The Morgan fingerprint density at radius 1 is 0.407 bits per heavy atom. The quantitative estimate of drug-likeness (QED) is 0.0199. The van der Waals surface area contributed by atoms with Crippen LogP contribution in [-0.4, -0.2) is 193 Å². The van der Waals surface area contributed by atoms with Crippen molar-refractivity contribution in [1.82, 2.24) is 5.32 Å². The van der Waals surface area contributed by atoms with E-state index in [1.165, 1.54) is 128 Å². The zero-order valence-corrected chi connectivity index (χ0v) is 55.8. The summed E-state index contributed by atoms with van der Waals surface area (Å²) >= 11 is 0. The van der Waals surface area contributed by atoms with Crippen molar-refractivity contribution in [2.45, 2.75) is 349 Å². The SMILES string of the molecule is CC/C=C\C/C=C\C/C=C\C/C=C\C/C=C\CCCCCCCCCCCC(=O)NC(COC1OC(CO)C(OC2OC(CO)C(OC3OC(CO)C(O)C(O)C3O)C(O)C2O)C(O)C1O)C(O)/C=C/CCCCCCCCCCCCCCCCCCCCC. The highest BCUT2D eigenvalue weighted by molar-refractivity contribution is 5.76. The molecule has 1 amide bonds. The van der Waals surface area contributed by atoms with E-state index in [-0.39, 0.29) is 18.9 Å². The highest BCUT2D eigenvalue weighted by atomic mass is 16.8. The molecule has 3 aliphatic heterocycles. The summed E-state index contributed by atoms with van der Waals surface area (Å²) < 4.78 is 34.4. The van der Waals surface area contributed by atoms with E-state index in [2.05, 4.69) is 79.9 Å². The molecule has 3 fully saturated rings. The van der Waals surface area contributed by atoms with E-state index in [4.69, 9.17) is 28.4 Å². The van der Waals surface area contributed by atoms with Crippen LogP contribution in [0.3, 0.4) is 0 Å². The van der Waals surface area contributed by atoms with Crippen molar-refractivity contribution in [3.63, 3.8) is 0 Å². The number of carbonyl (C=O) groups is 1. The van der Waals surface area contributed by atoms with Gasteiger partial charge in [-0.05, 0) is 64.2 Å². The summed E-state index contributed by atoms with van der Waals surface area (Å²) in [5.74, 6) is -0.283. The smallest absolute Gasteiger partial charge is 0.220 e. The fourth-order valence-corrected chi connectivity index (χ4v) is 11.7. The molecule has 12 N–H and O–H groups in total. The molecule has 0 radical (unpaired) electrons. The zero-order valence-electron chi connectivity index (χ0n) is 55.8. The Balaban J connectivity index is 1.44. The maximum absolute atomic E-state index is 13.4. The molecule has 0 aromatic carbocycles. The highest BCUT2D eigenvalue weighted by Crippen LogP contribution is 2.33. The van der Waals surface area contributed by atoms with E-state index in [0.29, 0.717) is 6.42 Å². The van der Waals surface area contributed by atoms with Crippen molar-refractivity contribution >= 4 is 5.91 Å². The number of allylic oxidation sites excluding steroid dienone is 11. The van der Waals surface area contributed by atoms with Crippen LogP contribution in [0.25, 0.3) is 0 Å². The van der Waals surface area contributed by atoms with Crippen LogP contribution in [0.1, 0.15) is 245 Å². The average Bonchev–Trinajstić information content (AvgIpc) is 0.883. The number of aliphatic hydroxyl groups is 11. The lowest BCUT2D eigenvalue weighted by Gasteiger charge is -2.48. The number of unbranched alkanes of at least 4 members (excludes halogenated alkanes) is 28. The van der Waals surface area contributed by atoms with Gasteiger partial charge in [0.05, 0.1) is 38.6 Å². The third-order valence-electron chi connectivity index (χ3n) is 17.5. The Kier molecular flexibility index (Phi) is 48.4. The minimum absolute atomic E-state index is 0.233. The van der Waals surface area contributed by atoms with Crippen molar-refractivity contribution in [1.29, 1.82) is 0 Å². The summed E-state index contributed by atoms with van der Waals surface area (Å²) in [6, 6.07) is -0.981. The van der Waals surface area contributed by atoms with Crippen LogP contribution in [0.5, 0.6) is 0 Å². The molecule has 0 aliphatic carbocycles. The van der Waals surface area contributed by atoms with Gasteiger partial charge in [-0.15, -0.1) is 0 Å². The van der Waals surface area contributed by atoms with Crippen LogP contribution in [0.4, 0.5) is 0 Å². The van der Waals surface area contributed by atoms with E-state index < -0.39 is 124 Å². The first-order valence-electron chi connectivity index (χ1n) is 35.7. The van der Waals surface area contributed by atoms with Gasteiger partial charge in [0, 0.05) is 6.42 Å². The molecule has 0 saturated carbocycles. The molecule has 0 spiro atoms. The number of hydrogen-bond donors (Lipinski definition) is 12. The zero-order chi connectivity index (χ0) is 66.1. The van der Waals surface area contributed by atoms with Gasteiger partial charge in [0.1, 0.15) is 73.2 Å². The van der Waals surface area contributed by atoms with Gasteiger partial charge in [0.15, 0.2) is 18.9 Å². The number of carbonyl (C=O) groups excluding carboxylic acids is 1. The molecule has 528 valence electrons. The Hall–Kier alpha value is -2.77. The number of nitrogens with one attached hydrogen (secondary N) is 1. The number of amides is 1. The highest BCUT2D eigenvalue weighted by Gasteiger charge is 2.53. The molecule has 0 aromatic rings. The normalized spacial score (nSPS) is 28.3. The second-order valence-corrected chi connectivity index (χ2v) is 25.3. The summed E-state index contributed by atoms with van der Waals surface area (Å²) in [5, 5.41) is 121. The van der Waals surface area contributed by atoms with Gasteiger partial charge in [-0.3, -0.25) is 4.79 Å². The first-order valence-corrected chi connectivity index (χ1v) is 35.7. The van der Waals surface area contributed by atoms with Crippen molar-refractivity contribution < 1.29 is 89.4 Å². The van der Waals surface area contributed by atoms with E-state index in [0.717, 1.165) is 89.9 Å². The van der Waals surface area contributed by atoms with Crippen molar-refractivity contribution in [3.05, 3.63) is 72.9 Å². The van der Waals surface area contributed by atoms with Gasteiger partial charge >= 0.3 is 0 Å². The van der Waals surface area contributed by atoms with Gasteiger partial charge < -0.3 is 89.9 Å². The fourth-order valence-electron chi connectivity index (χ4n) is 11.7. The van der Waals surface area contributed by atoms with Crippen molar-refractivity contribution in [2.75, 3.05) is 26.4 Å². The molecule has 0 bridgehead atoms. The monoisotopic (exact) mass is 1290 g/mol. The number of ether oxygens (including phenoxy) is 6. The first-order chi connectivity index (χ1) is 44.3. The van der Waals surface area contributed by atoms with E-state index in [9.17, 15) is 61.0 Å². The maximum atomic E-state index is 13.4. The number of rotatable bonds is 54. The second-order valence-electron chi connectivity index (χ2n) is 25.3. The van der Waals surface area contributed by atoms with Gasteiger partial charge in [-0.2, -0.15) is 0 Å². The standard InChI is InChI=1S/C72H127NO18/c1-3-5-7-9-11-13-15-17-19-21-23-25-26-27-28-30-32-34-36-38-40-42-44-46-48-50-60(78)73-55(56(77)49-47-45-43-41-39-37-35-33-31-29-24-22-20-18-16-14-12-10-8-6-4-2)54-86-70-66(84)63(81)68(58(52-75)88-70)91-72-67(85)64(82)69(59(53-76)89-72)90-71-65(83)62(80)61(79)57(51-74)87-71/h5,7,11,13,17,19,23,25,27-28,47,49,55-59,61-72,74-77,79-85H,3-4,6,8-10,12,14-16,18,20-22,24,26,29-46,48,50-54H2,1-2H3,(H,73,78)/b7-5-,13-11-,19-17-,25-23-,28-27-,49-47+. The molecule has 3 heterocycles. The lowest BCUT2D eigenvalue weighted by Crippen LogP contribution is -2.66. The lowest BCUT2D eigenvalue weighted by molar-refractivity contribution is -0.379. The van der Waals surface area contributed by atoms with E-state index in [1.807, 2.05) is 6.08 Å². The maximum Gasteiger partial charge on any atom is 0.220 e. The summed E-state index contributed by atoms with van der Waals surface area (Å²) in [7, 11) is 0. The molecule has 3 aliphatic rings. The predicted molar refractivity (Wildman–Crippen MR) is 355 cm³/mol. The molecule has 91 heavy (non-hydrogen) atoms. The van der Waals surface area contributed by atoms with Crippen LogP contribution in [-0.2, 0) is 33.2 Å². The second kappa shape index (κ2) is 53.4. The van der Waals surface area contributed by atoms with Crippen LogP contribution in [0.2, 0.25) is 0 Å². The van der Waals surface area contributed by atoms with Crippen molar-refractivity contribution in [3.8, 4) is 0 Å². The molecule has 17 unspecified atom stereocenters. The third kappa shape index (κ3) is 35.2. The minimum Gasteiger partial charge on any atom is -0.394 e. The van der Waals surface area contributed by atoms with Crippen LogP contribution in [0, 0.1) is 0 Å². The number of hydrogen-bond acceptors (Lipinski definition) is 18. The Bertz CT molecular complexity index is 1930. The minimum atomic E-state index is -1.98. The average molecular weight is 1290 g/mol. The summed E-state index contributed by atoms with van der Waals surface area (Å²) in [6.07, 6.45) is 40.1. The van der Waals surface area contributed by atoms with Crippen LogP contribution >= 0.6 is 0 Å². The molecule has 19 nitrogen and oxygen atoms in total. The molecular formula is C72H127NO18. The predicted octanol–water partition coefficient (Wildman–Crippen LogP) is 9.72. The molecule has 17 atom stereocenters. The van der Waals surface area contributed by atoms with Crippen molar-refractivity contribution in [2.24, 2.45) is 0 Å². The van der Waals surface area contributed by atoms with E-state index >= 15 is 0 Å². The number of aliphatic hydroxyl groups excluding tert-OH is 11. The van der Waals surface area contributed by atoms with E-state index in [1.54, 1.807) is 6.08 Å². The van der Waals surface area contributed by atoms with Gasteiger partial charge in [0.2, 0.25) is 5.91 Å². The van der Waals surface area contributed by atoms with Gasteiger partial charge in [-0.25, -0.2) is 0 Å². The van der Waals surface area contributed by atoms with Gasteiger partial charge in [-0.1, -0.05) is 247 Å². The Morgan fingerprint density at radius 3 is 1.19 bits per heavy atom. The third-order valence-corrected chi connectivity index (χ3v) is 17.5. The summed E-state index contributed by atoms with van der Waals surface area (Å²) in [5.41, 5.74) is 0. The summed E-state index contributed by atoms with van der Waals surface area (Å²) in [6.45, 7) is 1.63. The molecule has 0 aromatic heterocycles. The molecule has 3 saturated heterocycles. The fraction of sp³-hybridized carbons (Fsp3) is 0.819. The topological polar surface area (TPSA) is 307 Å². The lowest BCUT2D eigenvalue weighted by atomic mass is 9.96.